The third-order valence-corrected chi connectivity index (χ3v) is 8.14. The lowest BCUT2D eigenvalue weighted by Crippen LogP contribution is -2.46. The zero-order chi connectivity index (χ0) is 20.8. The molecular weight excluding hydrogens is 458 g/mol. The highest BCUT2D eigenvalue weighted by molar-refractivity contribution is 9.09. The molecule has 1 aliphatic heterocycles. The molecule has 1 amide bonds. The molecule has 4 rings (SSSR count). The van der Waals surface area contributed by atoms with Gasteiger partial charge in [-0.3, -0.25) is 8.98 Å². The molecule has 0 aromatic heterocycles. The van der Waals surface area contributed by atoms with Crippen LogP contribution in [0.3, 0.4) is 0 Å². The number of amides is 1. The summed E-state index contributed by atoms with van der Waals surface area (Å²) in [6, 6.07) is 13.7. The van der Waals surface area contributed by atoms with Crippen molar-refractivity contribution < 1.29 is 22.1 Å². The van der Waals surface area contributed by atoms with E-state index in [2.05, 4.69) is 15.9 Å². The summed E-state index contributed by atoms with van der Waals surface area (Å²) in [6.07, 6.45) is -0.185. The minimum absolute atomic E-state index is 0.0280. The predicted molar refractivity (Wildman–Crippen MR) is 111 cm³/mol. The van der Waals surface area contributed by atoms with Crippen molar-refractivity contribution in [2.24, 2.45) is 5.92 Å². The molecule has 2 aliphatic rings. The number of halogens is 1. The van der Waals surface area contributed by atoms with Crippen molar-refractivity contribution in [3.05, 3.63) is 59.7 Å². The highest BCUT2D eigenvalue weighted by Crippen LogP contribution is 2.46. The second kappa shape index (κ2) is 7.74. The second-order valence-electron chi connectivity index (χ2n) is 7.49. The van der Waals surface area contributed by atoms with Gasteiger partial charge < -0.3 is 9.64 Å². The highest BCUT2D eigenvalue weighted by atomic mass is 79.9. The molecule has 0 N–H and O–H groups in total. The van der Waals surface area contributed by atoms with Crippen LogP contribution in [0.4, 0.5) is 0 Å². The average Bonchev–Trinajstić information content (AvgIpc) is 3.12. The largest absolute Gasteiger partial charge is 0.497 e. The Morgan fingerprint density at radius 3 is 2.34 bits per heavy atom. The van der Waals surface area contributed by atoms with E-state index in [-0.39, 0.29) is 27.6 Å². The predicted octanol–water partition coefficient (Wildman–Crippen LogP) is 3.27. The summed E-state index contributed by atoms with van der Waals surface area (Å²) in [5, 5.41) is 0. The molecule has 0 unspecified atom stereocenters. The van der Waals surface area contributed by atoms with Crippen LogP contribution in [-0.4, -0.2) is 43.3 Å². The van der Waals surface area contributed by atoms with Gasteiger partial charge in [-0.1, -0.05) is 45.8 Å². The zero-order valence-electron chi connectivity index (χ0n) is 16.1. The Kier molecular flexibility index (Phi) is 5.44. The molecule has 29 heavy (non-hydrogen) atoms. The molecule has 1 heterocycles. The number of aryl methyl sites for hydroxylation is 1. The fraction of sp³-hybridized carbons (Fsp3) is 0.381. The van der Waals surface area contributed by atoms with Gasteiger partial charge in [0.1, 0.15) is 5.75 Å². The molecule has 2 aromatic carbocycles. The number of piperidine rings is 1. The van der Waals surface area contributed by atoms with Crippen molar-refractivity contribution in [2.75, 3.05) is 7.11 Å². The summed E-state index contributed by atoms with van der Waals surface area (Å²) < 4.78 is 36.3. The summed E-state index contributed by atoms with van der Waals surface area (Å²) in [7, 11) is -2.30. The monoisotopic (exact) mass is 479 g/mol. The smallest absolute Gasteiger partial charge is 0.297 e. The van der Waals surface area contributed by atoms with Crippen LogP contribution >= 0.6 is 15.9 Å². The molecule has 154 valence electrons. The van der Waals surface area contributed by atoms with Gasteiger partial charge in [-0.05, 0) is 43.2 Å². The Labute approximate surface area is 179 Å². The van der Waals surface area contributed by atoms with Crippen LogP contribution in [0, 0.1) is 12.8 Å². The van der Waals surface area contributed by atoms with Gasteiger partial charge in [0.25, 0.3) is 10.1 Å². The average molecular weight is 480 g/mol. The molecule has 2 fully saturated rings. The van der Waals surface area contributed by atoms with Crippen molar-refractivity contribution in [1.29, 1.82) is 0 Å². The van der Waals surface area contributed by atoms with Gasteiger partial charge in [0.05, 0.1) is 30.1 Å². The fourth-order valence-corrected chi connectivity index (χ4v) is 6.23. The number of nitrogens with zero attached hydrogens (tertiary/aromatic N) is 1. The van der Waals surface area contributed by atoms with Gasteiger partial charge in [0.2, 0.25) is 5.91 Å². The van der Waals surface area contributed by atoms with Gasteiger partial charge in [-0.2, -0.15) is 8.42 Å². The first-order chi connectivity index (χ1) is 13.8. The van der Waals surface area contributed by atoms with E-state index in [1.807, 2.05) is 31.2 Å². The quantitative estimate of drug-likeness (QED) is 0.469. The van der Waals surface area contributed by atoms with Crippen molar-refractivity contribution >= 4 is 32.0 Å². The van der Waals surface area contributed by atoms with Crippen LogP contribution in [0.25, 0.3) is 0 Å². The van der Waals surface area contributed by atoms with E-state index >= 15 is 0 Å². The first-order valence-corrected chi connectivity index (χ1v) is 11.7. The topological polar surface area (TPSA) is 72.9 Å². The van der Waals surface area contributed by atoms with Crippen LogP contribution in [0.2, 0.25) is 0 Å². The normalized spacial score (nSPS) is 26.2. The Balaban J connectivity index is 1.54. The number of hydrogen-bond donors (Lipinski definition) is 0. The third-order valence-electron chi connectivity index (χ3n) is 5.61. The van der Waals surface area contributed by atoms with E-state index < -0.39 is 16.2 Å². The van der Waals surface area contributed by atoms with E-state index in [0.717, 1.165) is 16.9 Å². The van der Waals surface area contributed by atoms with Crippen LogP contribution in [0.15, 0.2) is 53.4 Å². The molecule has 2 bridgehead atoms. The molecule has 1 aliphatic carbocycles. The lowest BCUT2D eigenvalue weighted by Gasteiger charge is -2.33. The van der Waals surface area contributed by atoms with Crippen molar-refractivity contribution in [1.82, 2.24) is 4.90 Å². The maximum atomic E-state index is 12.8. The summed E-state index contributed by atoms with van der Waals surface area (Å²) in [5.74, 6) is 0.489. The number of methoxy groups -OCH3 is 1. The standard InChI is InChI=1S/C21H22BrNO5S/c1-13-3-9-16(10-4-13)29(25,26)28-18-11-17-19(22)20(18)23(21(17)24)12-14-5-7-15(27-2)8-6-14/h3-10,17-20H,11-12H2,1-2H3/t17-,18-,19+,20+/m1/s1. The lowest BCUT2D eigenvalue weighted by molar-refractivity contribution is -0.137. The molecule has 4 atom stereocenters. The van der Waals surface area contributed by atoms with Gasteiger partial charge >= 0.3 is 0 Å². The maximum absolute atomic E-state index is 12.8. The Morgan fingerprint density at radius 2 is 1.76 bits per heavy atom. The minimum atomic E-state index is -3.90. The van der Waals surface area contributed by atoms with E-state index in [1.54, 1.807) is 36.3 Å². The molecular formula is C21H22BrNO5S. The summed E-state index contributed by atoms with van der Waals surface area (Å²) in [4.78, 5) is 14.5. The highest BCUT2D eigenvalue weighted by Gasteiger charge is 2.58. The van der Waals surface area contributed by atoms with Crippen molar-refractivity contribution in [2.45, 2.75) is 41.8 Å². The number of carbonyl (C=O) groups excluding carboxylic acids is 1. The second-order valence-corrected chi connectivity index (χ2v) is 10.1. The minimum Gasteiger partial charge on any atom is -0.497 e. The Hall–Kier alpha value is -1.90. The van der Waals surface area contributed by atoms with Crippen molar-refractivity contribution in [3.63, 3.8) is 0 Å². The Morgan fingerprint density at radius 1 is 1.10 bits per heavy atom. The number of hydrogen-bond acceptors (Lipinski definition) is 5. The van der Waals surface area contributed by atoms with E-state index in [4.69, 9.17) is 8.92 Å². The lowest BCUT2D eigenvalue weighted by atomic mass is 10.1. The number of benzene rings is 2. The molecule has 0 spiro atoms. The number of likely N-dealkylation sites (tertiary alicyclic amines) is 1. The van der Waals surface area contributed by atoms with E-state index in [1.165, 1.54) is 0 Å². The molecule has 2 aromatic rings. The van der Waals surface area contributed by atoms with Crippen LogP contribution in [0.1, 0.15) is 17.5 Å². The summed E-state index contributed by atoms with van der Waals surface area (Å²) in [5.41, 5.74) is 1.92. The summed E-state index contributed by atoms with van der Waals surface area (Å²) >= 11 is 3.60. The number of rotatable bonds is 6. The van der Waals surface area contributed by atoms with Crippen molar-refractivity contribution in [3.8, 4) is 5.75 Å². The van der Waals surface area contributed by atoms with Gasteiger partial charge in [-0.25, -0.2) is 0 Å². The van der Waals surface area contributed by atoms with Gasteiger partial charge in [0, 0.05) is 11.4 Å². The van der Waals surface area contributed by atoms with E-state index in [0.29, 0.717) is 13.0 Å². The first kappa shape index (κ1) is 20.4. The fourth-order valence-electron chi connectivity index (χ4n) is 4.06. The maximum Gasteiger partial charge on any atom is 0.297 e. The van der Waals surface area contributed by atoms with Crippen LogP contribution < -0.4 is 4.74 Å². The number of carbonyl (C=O) groups is 1. The molecule has 1 saturated carbocycles. The van der Waals surface area contributed by atoms with Crippen LogP contribution in [-0.2, 0) is 25.6 Å². The molecule has 6 nitrogen and oxygen atoms in total. The van der Waals surface area contributed by atoms with Gasteiger partial charge in [-0.15, -0.1) is 0 Å². The Bertz CT molecular complexity index is 1010. The van der Waals surface area contributed by atoms with Crippen LogP contribution in [0.5, 0.6) is 5.75 Å². The molecule has 0 radical (unpaired) electrons. The summed E-state index contributed by atoms with van der Waals surface area (Å²) in [6.45, 7) is 2.29. The number of ether oxygens (including phenoxy) is 1. The number of fused-ring (bicyclic) bond motifs is 2. The first-order valence-electron chi connectivity index (χ1n) is 9.37. The molecule has 1 saturated heterocycles. The molecule has 8 heteroatoms. The van der Waals surface area contributed by atoms with E-state index in [9.17, 15) is 13.2 Å². The third kappa shape index (κ3) is 3.81. The number of alkyl halides is 1. The zero-order valence-corrected chi connectivity index (χ0v) is 18.5. The SMILES string of the molecule is COc1ccc(CN2C(=O)[C@@H]3C[C@@H](OS(=O)(=O)c4ccc(C)cc4)[C@H]2[C@H]3Br)cc1. The van der Waals surface area contributed by atoms with Gasteiger partial charge in [0.15, 0.2) is 0 Å².